The van der Waals surface area contributed by atoms with Gasteiger partial charge in [0.05, 0.1) is 0 Å². The van der Waals surface area contributed by atoms with E-state index in [-0.39, 0.29) is 0 Å². The summed E-state index contributed by atoms with van der Waals surface area (Å²) < 4.78 is 11.7. The zero-order valence-electron chi connectivity index (χ0n) is 16.6. The van der Waals surface area contributed by atoms with Crippen molar-refractivity contribution in [3.05, 3.63) is 118 Å². The first-order valence-corrected chi connectivity index (χ1v) is 11.7. The van der Waals surface area contributed by atoms with Gasteiger partial charge in [-0.2, -0.15) is 11.8 Å². The number of benzene rings is 4. The molecule has 4 aromatic rings. The molecule has 4 aromatic carbocycles. The van der Waals surface area contributed by atoms with Crippen molar-refractivity contribution >= 4 is 35.0 Å². The average molecular weight is 467 g/mol. The van der Waals surface area contributed by atoms with Crippen LogP contribution in [0, 0.1) is 0 Å². The van der Waals surface area contributed by atoms with E-state index >= 15 is 0 Å². The highest BCUT2D eigenvalue weighted by molar-refractivity contribution is 7.97. The van der Waals surface area contributed by atoms with Gasteiger partial charge in [-0.15, -0.1) is 0 Å². The first-order chi connectivity index (χ1) is 15.1. The molecule has 0 amide bonds. The Morgan fingerprint density at radius 3 is 1.06 bits per heavy atom. The minimum atomic E-state index is 0.698. The molecule has 0 radical (unpaired) electrons. The Bertz CT molecular complexity index is 1000. The van der Waals surface area contributed by atoms with Gasteiger partial charge in [-0.05, 0) is 83.9 Å². The Kier molecular flexibility index (Phi) is 7.42. The van der Waals surface area contributed by atoms with E-state index < -0.39 is 0 Å². The lowest BCUT2D eigenvalue weighted by Gasteiger charge is -2.08. The van der Waals surface area contributed by atoms with Crippen molar-refractivity contribution in [2.45, 2.75) is 11.5 Å². The number of thioether (sulfide) groups is 1. The highest BCUT2D eigenvalue weighted by Gasteiger charge is 2.02. The molecule has 0 aliphatic rings. The number of rotatable bonds is 8. The van der Waals surface area contributed by atoms with Gasteiger partial charge in [-0.3, -0.25) is 0 Å². The van der Waals surface area contributed by atoms with Gasteiger partial charge in [-0.25, -0.2) is 0 Å². The summed E-state index contributed by atoms with van der Waals surface area (Å²) in [5, 5.41) is 1.40. The fourth-order valence-corrected chi connectivity index (χ4v) is 4.08. The van der Waals surface area contributed by atoms with E-state index in [1.807, 2.05) is 84.6 Å². The predicted octanol–water partition coefficient (Wildman–Crippen LogP) is 9.01. The quantitative estimate of drug-likeness (QED) is 0.258. The largest absolute Gasteiger partial charge is 0.457 e. The summed E-state index contributed by atoms with van der Waals surface area (Å²) in [4.78, 5) is 0. The molecule has 0 spiro atoms. The Hall–Kier alpha value is -2.59. The molecule has 31 heavy (non-hydrogen) atoms. The lowest BCUT2D eigenvalue weighted by atomic mass is 10.2. The summed E-state index contributed by atoms with van der Waals surface area (Å²) >= 11 is 13.7. The second-order valence-corrected chi connectivity index (χ2v) is 8.75. The highest BCUT2D eigenvalue weighted by atomic mass is 35.5. The molecule has 2 nitrogen and oxygen atoms in total. The Labute approximate surface area is 196 Å². The van der Waals surface area contributed by atoms with E-state index in [0.29, 0.717) is 10.0 Å². The monoisotopic (exact) mass is 466 g/mol. The van der Waals surface area contributed by atoms with Crippen molar-refractivity contribution in [3.8, 4) is 23.0 Å². The van der Waals surface area contributed by atoms with Gasteiger partial charge in [-0.1, -0.05) is 47.5 Å². The molecule has 0 atom stereocenters. The third kappa shape index (κ3) is 6.70. The summed E-state index contributed by atoms with van der Waals surface area (Å²) in [5.74, 6) is 5.04. The third-order valence-corrected chi connectivity index (χ3v) is 6.06. The summed E-state index contributed by atoms with van der Waals surface area (Å²) in [5.41, 5.74) is 2.52. The first kappa shape index (κ1) is 21.6. The molecule has 0 fully saturated rings. The Morgan fingerprint density at radius 2 is 0.742 bits per heavy atom. The number of ether oxygens (including phenoxy) is 2. The van der Waals surface area contributed by atoms with Crippen molar-refractivity contribution in [3.63, 3.8) is 0 Å². The van der Waals surface area contributed by atoms with Crippen LogP contribution >= 0.6 is 35.0 Å². The maximum atomic E-state index is 5.91. The van der Waals surface area contributed by atoms with Crippen LogP contribution in [-0.4, -0.2) is 0 Å². The van der Waals surface area contributed by atoms with Gasteiger partial charge in [0.1, 0.15) is 23.0 Å². The van der Waals surface area contributed by atoms with Gasteiger partial charge >= 0.3 is 0 Å². The van der Waals surface area contributed by atoms with Crippen LogP contribution < -0.4 is 9.47 Å². The summed E-state index contributed by atoms with van der Waals surface area (Å²) in [6, 6.07) is 31.1. The Morgan fingerprint density at radius 1 is 0.452 bits per heavy atom. The van der Waals surface area contributed by atoms with Crippen molar-refractivity contribution in [1.82, 2.24) is 0 Å². The van der Waals surface area contributed by atoms with E-state index in [2.05, 4.69) is 24.3 Å². The molecule has 0 saturated heterocycles. The van der Waals surface area contributed by atoms with E-state index in [1.165, 1.54) is 11.1 Å². The van der Waals surface area contributed by atoms with Gasteiger partial charge in [0.25, 0.3) is 0 Å². The molecule has 156 valence electrons. The molecule has 0 aliphatic carbocycles. The molecule has 0 saturated carbocycles. The van der Waals surface area contributed by atoms with E-state index in [4.69, 9.17) is 32.7 Å². The van der Waals surface area contributed by atoms with Crippen LogP contribution in [-0.2, 0) is 11.5 Å². The van der Waals surface area contributed by atoms with Gasteiger partial charge in [0.15, 0.2) is 0 Å². The van der Waals surface area contributed by atoms with Crippen LogP contribution in [0.25, 0.3) is 0 Å². The average Bonchev–Trinajstić information content (AvgIpc) is 2.79. The molecule has 0 heterocycles. The topological polar surface area (TPSA) is 18.5 Å². The third-order valence-electron chi connectivity index (χ3n) is 4.48. The molecule has 0 N–H and O–H groups in total. The second kappa shape index (κ2) is 10.6. The maximum Gasteiger partial charge on any atom is 0.127 e. The first-order valence-electron chi connectivity index (χ1n) is 9.76. The maximum absolute atomic E-state index is 5.91. The van der Waals surface area contributed by atoms with Crippen molar-refractivity contribution < 1.29 is 9.47 Å². The standard InChI is InChI=1S/C26H20Cl2O2S/c27-21-5-13-25(14-6-21)29-23-9-1-19(2-10-23)17-31-18-20-3-11-24(12-4-20)30-26-15-7-22(28)8-16-26/h1-16H,17-18H2. The van der Waals surface area contributed by atoms with Gasteiger partial charge < -0.3 is 9.47 Å². The minimum absolute atomic E-state index is 0.698. The zero-order valence-corrected chi connectivity index (χ0v) is 19.0. The Balaban J connectivity index is 1.24. The van der Waals surface area contributed by atoms with E-state index in [0.717, 1.165) is 34.5 Å². The van der Waals surface area contributed by atoms with Gasteiger partial charge in [0.2, 0.25) is 0 Å². The SMILES string of the molecule is Clc1ccc(Oc2ccc(CSCc3ccc(Oc4ccc(Cl)cc4)cc3)cc2)cc1. The number of hydrogen-bond acceptors (Lipinski definition) is 3. The number of halogens is 2. The highest BCUT2D eigenvalue weighted by Crippen LogP contribution is 2.27. The fraction of sp³-hybridized carbons (Fsp3) is 0.0769. The molecular weight excluding hydrogens is 447 g/mol. The molecule has 0 aliphatic heterocycles. The van der Waals surface area contributed by atoms with Crippen LogP contribution in [0.3, 0.4) is 0 Å². The molecule has 0 bridgehead atoms. The van der Waals surface area contributed by atoms with Gasteiger partial charge in [0, 0.05) is 21.6 Å². The van der Waals surface area contributed by atoms with Crippen molar-refractivity contribution in [2.75, 3.05) is 0 Å². The van der Waals surface area contributed by atoms with Crippen LogP contribution in [0.2, 0.25) is 10.0 Å². The molecule has 0 unspecified atom stereocenters. The lowest BCUT2D eigenvalue weighted by Crippen LogP contribution is -1.87. The van der Waals surface area contributed by atoms with Crippen molar-refractivity contribution in [1.29, 1.82) is 0 Å². The summed E-state index contributed by atoms with van der Waals surface area (Å²) in [7, 11) is 0. The van der Waals surface area contributed by atoms with Crippen LogP contribution in [0.4, 0.5) is 0 Å². The van der Waals surface area contributed by atoms with Crippen LogP contribution in [0.1, 0.15) is 11.1 Å². The fourth-order valence-electron chi connectivity index (χ4n) is 2.87. The smallest absolute Gasteiger partial charge is 0.127 e. The minimum Gasteiger partial charge on any atom is -0.457 e. The summed E-state index contributed by atoms with van der Waals surface area (Å²) in [6.07, 6.45) is 0. The molecule has 4 rings (SSSR count). The van der Waals surface area contributed by atoms with Crippen molar-refractivity contribution in [2.24, 2.45) is 0 Å². The predicted molar refractivity (Wildman–Crippen MR) is 131 cm³/mol. The van der Waals surface area contributed by atoms with Crippen LogP contribution in [0.15, 0.2) is 97.1 Å². The summed E-state index contributed by atoms with van der Waals surface area (Å²) in [6.45, 7) is 0. The number of hydrogen-bond donors (Lipinski definition) is 0. The molecule has 5 heteroatoms. The van der Waals surface area contributed by atoms with Crippen LogP contribution in [0.5, 0.6) is 23.0 Å². The van der Waals surface area contributed by atoms with E-state index in [1.54, 1.807) is 0 Å². The lowest BCUT2D eigenvalue weighted by molar-refractivity contribution is 0.482. The normalized spacial score (nSPS) is 10.6. The van der Waals surface area contributed by atoms with E-state index in [9.17, 15) is 0 Å². The molecule has 0 aromatic heterocycles. The second-order valence-electron chi connectivity index (χ2n) is 6.89. The zero-order chi connectivity index (χ0) is 21.5. The molecular formula is C26H20Cl2O2S.